The molecular weight excluding hydrogens is 432 g/mol. The molecule has 1 aliphatic rings. The minimum Gasteiger partial charge on any atom is -0.497 e. The number of hydrogen-bond donors (Lipinski definition) is 1. The zero-order valence-corrected chi connectivity index (χ0v) is 19.5. The first kappa shape index (κ1) is 23.4. The van der Waals surface area contributed by atoms with Gasteiger partial charge < -0.3 is 24.1 Å². The monoisotopic (exact) mass is 462 g/mol. The van der Waals surface area contributed by atoms with Gasteiger partial charge in [-0.1, -0.05) is 24.3 Å². The zero-order chi connectivity index (χ0) is 23.9. The van der Waals surface area contributed by atoms with E-state index in [0.29, 0.717) is 38.1 Å². The first-order valence-corrected chi connectivity index (χ1v) is 11.5. The fourth-order valence-corrected chi connectivity index (χ4v) is 4.28. The summed E-state index contributed by atoms with van der Waals surface area (Å²) < 4.78 is 15.8. The van der Waals surface area contributed by atoms with Crippen molar-refractivity contribution >= 4 is 11.8 Å². The second-order valence-corrected chi connectivity index (χ2v) is 8.43. The number of rotatable bonds is 8. The predicted molar refractivity (Wildman–Crippen MR) is 128 cm³/mol. The number of nitrogens with zero attached hydrogens (tertiary/aromatic N) is 1. The quantitative estimate of drug-likeness (QED) is 0.541. The fourth-order valence-electron chi connectivity index (χ4n) is 4.28. The van der Waals surface area contributed by atoms with E-state index in [4.69, 9.17) is 13.9 Å². The number of nitrogens with one attached hydrogen (secondary N) is 1. The van der Waals surface area contributed by atoms with E-state index in [1.165, 1.54) is 6.26 Å². The van der Waals surface area contributed by atoms with E-state index in [1.807, 2.05) is 48.5 Å². The molecule has 7 nitrogen and oxygen atoms in total. The lowest BCUT2D eigenvalue weighted by atomic mass is 9.93. The van der Waals surface area contributed by atoms with E-state index >= 15 is 0 Å². The number of likely N-dealkylation sites (tertiary alicyclic amines) is 1. The lowest BCUT2D eigenvalue weighted by molar-refractivity contribution is -0.127. The Morgan fingerprint density at radius 1 is 0.971 bits per heavy atom. The van der Waals surface area contributed by atoms with Crippen molar-refractivity contribution in [3.05, 3.63) is 83.8 Å². The van der Waals surface area contributed by atoms with Gasteiger partial charge in [0.25, 0.3) is 5.91 Å². The average Bonchev–Trinajstić information content (AvgIpc) is 3.43. The average molecular weight is 463 g/mol. The molecule has 0 bridgehead atoms. The highest BCUT2D eigenvalue weighted by atomic mass is 16.5. The topological polar surface area (TPSA) is 81.0 Å². The van der Waals surface area contributed by atoms with Crippen molar-refractivity contribution in [2.45, 2.75) is 25.3 Å². The summed E-state index contributed by atoms with van der Waals surface area (Å²) in [4.78, 5) is 27.5. The van der Waals surface area contributed by atoms with Gasteiger partial charge in [-0.25, -0.2) is 0 Å². The first-order valence-electron chi connectivity index (χ1n) is 11.5. The zero-order valence-electron chi connectivity index (χ0n) is 19.5. The molecule has 1 aliphatic heterocycles. The maximum atomic E-state index is 13.2. The molecule has 178 valence electrons. The Balaban J connectivity index is 1.42. The molecule has 0 aliphatic carbocycles. The Morgan fingerprint density at radius 3 is 2.15 bits per heavy atom. The van der Waals surface area contributed by atoms with Crippen LogP contribution in [0.25, 0.3) is 0 Å². The van der Waals surface area contributed by atoms with Crippen LogP contribution in [0.4, 0.5) is 0 Å². The second-order valence-electron chi connectivity index (χ2n) is 8.43. The van der Waals surface area contributed by atoms with E-state index in [2.05, 4.69) is 5.32 Å². The third-order valence-electron chi connectivity index (χ3n) is 6.32. The number of furan rings is 1. The number of benzene rings is 2. The Morgan fingerprint density at radius 2 is 1.59 bits per heavy atom. The van der Waals surface area contributed by atoms with Crippen molar-refractivity contribution < 1.29 is 23.5 Å². The van der Waals surface area contributed by atoms with Gasteiger partial charge in [-0.3, -0.25) is 9.59 Å². The molecular formula is C27H30N2O5. The van der Waals surface area contributed by atoms with Crippen LogP contribution in [0.5, 0.6) is 11.5 Å². The third kappa shape index (κ3) is 5.60. The van der Waals surface area contributed by atoms with Crippen molar-refractivity contribution in [2.75, 3.05) is 27.3 Å². The number of carbonyl (C=O) groups excluding carboxylic acids is 2. The molecule has 1 N–H and O–H groups in total. The highest BCUT2D eigenvalue weighted by Crippen LogP contribution is 2.25. The van der Waals surface area contributed by atoms with Gasteiger partial charge in [0.1, 0.15) is 11.5 Å². The molecule has 0 spiro atoms. The molecule has 2 aromatic carbocycles. The molecule has 1 aromatic heterocycles. The van der Waals surface area contributed by atoms with Gasteiger partial charge in [0.05, 0.1) is 26.5 Å². The summed E-state index contributed by atoms with van der Waals surface area (Å²) in [6.07, 6.45) is 3.39. The number of hydrogen-bond acceptors (Lipinski definition) is 5. The molecule has 2 heterocycles. The normalized spacial score (nSPS) is 14.9. The predicted octanol–water partition coefficient (Wildman–Crippen LogP) is 4.25. The first-order chi connectivity index (χ1) is 16.6. The lowest BCUT2D eigenvalue weighted by Gasteiger charge is -2.32. The van der Waals surface area contributed by atoms with Crippen LogP contribution in [-0.2, 0) is 11.2 Å². The summed E-state index contributed by atoms with van der Waals surface area (Å²) in [5.74, 6) is 1.65. The van der Waals surface area contributed by atoms with Gasteiger partial charge in [0, 0.05) is 19.0 Å². The van der Waals surface area contributed by atoms with Crippen LogP contribution in [-0.4, -0.2) is 44.0 Å². The summed E-state index contributed by atoms with van der Waals surface area (Å²) in [6.45, 7) is 1.06. The second kappa shape index (κ2) is 10.9. The van der Waals surface area contributed by atoms with Crippen LogP contribution < -0.4 is 14.8 Å². The van der Waals surface area contributed by atoms with Gasteiger partial charge in [-0.2, -0.15) is 0 Å². The minimum absolute atomic E-state index is 0.0134. The highest BCUT2D eigenvalue weighted by molar-refractivity contribution is 5.91. The summed E-state index contributed by atoms with van der Waals surface area (Å²) in [5.41, 5.74) is 2.11. The molecule has 0 radical (unpaired) electrons. The van der Waals surface area contributed by atoms with Crippen LogP contribution in [0.2, 0.25) is 0 Å². The minimum atomic E-state index is -0.186. The summed E-state index contributed by atoms with van der Waals surface area (Å²) in [7, 11) is 3.28. The van der Waals surface area contributed by atoms with Gasteiger partial charge in [-0.05, 0) is 66.8 Å². The van der Waals surface area contributed by atoms with Crippen LogP contribution >= 0.6 is 0 Å². The number of methoxy groups -OCH3 is 2. The molecule has 0 saturated carbocycles. The largest absolute Gasteiger partial charge is 0.497 e. The maximum absolute atomic E-state index is 13.2. The highest BCUT2D eigenvalue weighted by Gasteiger charge is 2.30. The van der Waals surface area contributed by atoms with Gasteiger partial charge in [-0.15, -0.1) is 0 Å². The molecule has 0 unspecified atom stereocenters. The summed E-state index contributed by atoms with van der Waals surface area (Å²) in [5, 5.41) is 3.26. The number of piperidine rings is 1. The SMILES string of the molecule is COc1ccc(C[C@@H](NC(=O)C2CCN(C(=O)c3ccco3)CC2)c2ccc(OC)cc2)cc1. The smallest absolute Gasteiger partial charge is 0.289 e. The third-order valence-corrected chi connectivity index (χ3v) is 6.32. The number of carbonyl (C=O) groups is 2. The summed E-state index contributed by atoms with van der Waals surface area (Å²) >= 11 is 0. The molecule has 1 atom stereocenters. The van der Waals surface area contributed by atoms with E-state index in [0.717, 1.165) is 22.6 Å². The van der Waals surface area contributed by atoms with E-state index in [-0.39, 0.29) is 23.8 Å². The van der Waals surface area contributed by atoms with Crippen molar-refractivity contribution in [3.63, 3.8) is 0 Å². The summed E-state index contributed by atoms with van der Waals surface area (Å²) in [6, 6.07) is 18.8. The van der Waals surface area contributed by atoms with Crippen molar-refractivity contribution in [2.24, 2.45) is 5.92 Å². The molecule has 4 rings (SSSR count). The van der Waals surface area contributed by atoms with Crippen molar-refractivity contribution in [3.8, 4) is 11.5 Å². The van der Waals surface area contributed by atoms with Crippen molar-refractivity contribution in [1.82, 2.24) is 10.2 Å². The number of ether oxygens (including phenoxy) is 2. The van der Waals surface area contributed by atoms with Gasteiger partial charge in [0.2, 0.25) is 5.91 Å². The number of amides is 2. The van der Waals surface area contributed by atoms with Crippen LogP contribution in [0.1, 0.15) is 40.6 Å². The van der Waals surface area contributed by atoms with Crippen molar-refractivity contribution in [1.29, 1.82) is 0 Å². The van der Waals surface area contributed by atoms with Gasteiger partial charge in [0.15, 0.2) is 5.76 Å². The van der Waals surface area contributed by atoms with Crippen LogP contribution in [0.15, 0.2) is 71.3 Å². The van der Waals surface area contributed by atoms with Gasteiger partial charge >= 0.3 is 0 Å². The van der Waals surface area contributed by atoms with E-state index in [9.17, 15) is 9.59 Å². The molecule has 2 amide bonds. The van der Waals surface area contributed by atoms with Crippen LogP contribution in [0, 0.1) is 5.92 Å². The van der Waals surface area contributed by atoms with Crippen LogP contribution in [0.3, 0.4) is 0 Å². The van der Waals surface area contributed by atoms with E-state index < -0.39 is 0 Å². The molecule has 1 fully saturated rings. The Kier molecular flexibility index (Phi) is 7.52. The molecule has 3 aromatic rings. The maximum Gasteiger partial charge on any atom is 0.289 e. The fraction of sp³-hybridized carbons (Fsp3) is 0.333. The lowest BCUT2D eigenvalue weighted by Crippen LogP contribution is -2.43. The Hall–Kier alpha value is -3.74. The molecule has 7 heteroatoms. The van der Waals surface area contributed by atoms with E-state index in [1.54, 1.807) is 31.3 Å². The standard InChI is InChI=1S/C27H30N2O5/c1-32-22-9-5-19(6-10-22)18-24(20-7-11-23(33-2)12-8-20)28-26(30)21-13-15-29(16-14-21)27(31)25-4-3-17-34-25/h3-12,17,21,24H,13-16,18H2,1-2H3,(H,28,30)/t24-/m1/s1. The Labute approximate surface area is 199 Å². The molecule has 34 heavy (non-hydrogen) atoms. The molecule has 1 saturated heterocycles. The Bertz CT molecular complexity index is 1070.